The van der Waals surface area contributed by atoms with E-state index < -0.39 is 17.1 Å². The monoisotopic (exact) mass is 342 g/mol. The summed E-state index contributed by atoms with van der Waals surface area (Å²) in [4.78, 5) is 22.4. The topological polar surface area (TPSA) is 102 Å². The van der Waals surface area contributed by atoms with Gasteiger partial charge in [0.15, 0.2) is 0 Å². The van der Waals surface area contributed by atoms with E-state index in [1.54, 1.807) is 0 Å². The number of nitro benzene ring substituents is 1. The number of non-ortho nitro benzene ring substituents is 1. The van der Waals surface area contributed by atoms with Gasteiger partial charge >= 0.3 is 0 Å². The Morgan fingerprint density at radius 3 is 2.44 bits per heavy atom. The van der Waals surface area contributed by atoms with Crippen molar-refractivity contribution in [1.82, 2.24) is 5.32 Å². The number of hydrogen-bond acceptors (Lipinski definition) is 5. The number of nitrogens with one attached hydrogen (secondary N) is 1. The van der Waals surface area contributed by atoms with Crippen molar-refractivity contribution in [3.63, 3.8) is 0 Å². The van der Waals surface area contributed by atoms with Gasteiger partial charge in [0, 0.05) is 17.7 Å². The van der Waals surface area contributed by atoms with E-state index in [4.69, 9.17) is 4.74 Å². The normalized spacial score (nSPS) is 22.4. The van der Waals surface area contributed by atoms with Crippen LogP contribution < -0.4 is 10.1 Å². The molecule has 7 nitrogen and oxygen atoms in total. The van der Waals surface area contributed by atoms with Crippen LogP contribution in [-0.4, -0.2) is 34.2 Å². The third-order valence-electron chi connectivity index (χ3n) is 4.24. The minimum Gasteiger partial charge on any atom is -0.488 e. The Bertz CT molecular complexity index is 748. The van der Waals surface area contributed by atoms with E-state index >= 15 is 0 Å². The summed E-state index contributed by atoms with van der Waals surface area (Å²) >= 11 is 0. The van der Waals surface area contributed by atoms with Crippen LogP contribution in [0.25, 0.3) is 0 Å². The van der Waals surface area contributed by atoms with Gasteiger partial charge in [-0.15, -0.1) is 0 Å². The maximum atomic E-state index is 12.3. The largest absolute Gasteiger partial charge is 0.488 e. The first-order chi connectivity index (χ1) is 12.0. The molecule has 1 aliphatic carbocycles. The number of aliphatic hydroxyl groups excluding tert-OH is 1. The maximum Gasteiger partial charge on any atom is 0.269 e. The lowest BCUT2D eigenvalue weighted by molar-refractivity contribution is -0.384. The predicted molar refractivity (Wildman–Crippen MR) is 90.4 cm³/mol. The second-order valence-corrected chi connectivity index (χ2v) is 5.92. The van der Waals surface area contributed by atoms with Gasteiger partial charge in [-0.3, -0.25) is 14.9 Å². The lowest BCUT2D eigenvalue weighted by atomic mass is 10.1. The van der Waals surface area contributed by atoms with Crippen LogP contribution in [0.15, 0.2) is 54.6 Å². The van der Waals surface area contributed by atoms with E-state index in [9.17, 15) is 20.0 Å². The fraction of sp³-hybridized carbons (Fsp3) is 0.278. The van der Waals surface area contributed by atoms with Gasteiger partial charge in [-0.25, -0.2) is 0 Å². The molecule has 1 saturated carbocycles. The molecule has 0 heterocycles. The molecule has 3 atom stereocenters. The highest BCUT2D eigenvalue weighted by Gasteiger charge is 2.37. The molecule has 2 aromatic carbocycles. The zero-order valence-electron chi connectivity index (χ0n) is 13.4. The molecule has 2 N–H and O–H groups in total. The van der Waals surface area contributed by atoms with E-state index in [0.717, 1.165) is 0 Å². The summed E-state index contributed by atoms with van der Waals surface area (Å²) in [5.74, 6) is 0.299. The van der Waals surface area contributed by atoms with Crippen molar-refractivity contribution in [2.45, 2.75) is 31.1 Å². The van der Waals surface area contributed by atoms with Crippen molar-refractivity contribution in [3.05, 3.63) is 70.3 Å². The lowest BCUT2D eigenvalue weighted by Crippen LogP contribution is -2.44. The Morgan fingerprint density at radius 1 is 1.12 bits per heavy atom. The number of carbonyl (C=O) groups excluding carboxylic acids is 1. The molecular formula is C18H18N2O5. The second-order valence-electron chi connectivity index (χ2n) is 5.92. The number of nitro groups is 1. The number of amides is 1. The number of hydrogen-bond donors (Lipinski definition) is 2. The smallest absolute Gasteiger partial charge is 0.269 e. The van der Waals surface area contributed by atoms with Crippen LogP contribution in [-0.2, 0) is 0 Å². The Morgan fingerprint density at radius 2 is 1.80 bits per heavy atom. The van der Waals surface area contributed by atoms with Crippen molar-refractivity contribution in [2.75, 3.05) is 0 Å². The van der Waals surface area contributed by atoms with Gasteiger partial charge in [0.2, 0.25) is 0 Å². The van der Waals surface area contributed by atoms with Crippen molar-refractivity contribution in [1.29, 1.82) is 0 Å². The summed E-state index contributed by atoms with van der Waals surface area (Å²) in [5.41, 5.74) is 0.235. The van der Waals surface area contributed by atoms with Crippen molar-refractivity contribution < 1.29 is 19.6 Å². The van der Waals surface area contributed by atoms with E-state index in [2.05, 4.69) is 5.32 Å². The first-order valence-corrected chi connectivity index (χ1v) is 7.99. The fourth-order valence-electron chi connectivity index (χ4n) is 2.89. The zero-order valence-corrected chi connectivity index (χ0v) is 13.4. The molecule has 2 aromatic rings. The Kier molecular flexibility index (Phi) is 4.95. The van der Waals surface area contributed by atoms with Crippen LogP contribution in [0.3, 0.4) is 0 Å². The van der Waals surface area contributed by atoms with Gasteiger partial charge in [-0.2, -0.15) is 0 Å². The average molecular weight is 342 g/mol. The molecule has 0 radical (unpaired) electrons. The number of rotatable bonds is 5. The molecular weight excluding hydrogens is 324 g/mol. The Labute approximate surface area is 144 Å². The minimum atomic E-state index is -0.817. The molecule has 0 saturated heterocycles. The number of ether oxygens (including phenoxy) is 1. The van der Waals surface area contributed by atoms with E-state index in [-0.39, 0.29) is 17.7 Å². The standard InChI is InChI=1S/C18H18N2O5/c21-17-15(10-11-16(17)25-14-4-2-1-3-5-14)19-18(22)12-6-8-13(9-7-12)20(23)24/h1-9,15-17,21H,10-11H2,(H,19,22)/t15-,16+,17+/m0/s1. The zero-order chi connectivity index (χ0) is 17.8. The van der Waals surface area contributed by atoms with Gasteiger partial charge in [0.1, 0.15) is 18.0 Å². The summed E-state index contributed by atoms with van der Waals surface area (Å²) in [7, 11) is 0. The molecule has 25 heavy (non-hydrogen) atoms. The number of aliphatic hydroxyl groups is 1. The van der Waals surface area contributed by atoms with Crippen molar-refractivity contribution in [3.8, 4) is 5.75 Å². The molecule has 0 aromatic heterocycles. The quantitative estimate of drug-likeness (QED) is 0.641. The van der Waals surface area contributed by atoms with E-state index in [1.807, 2.05) is 30.3 Å². The van der Waals surface area contributed by atoms with Crippen LogP contribution in [0.2, 0.25) is 0 Å². The number of nitrogens with zero attached hydrogens (tertiary/aromatic N) is 1. The third kappa shape index (κ3) is 3.95. The van der Waals surface area contributed by atoms with Crippen molar-refractivity contribution >= 4 is 11.6 Å². The summed E-state index contributed by atoms with van der Waals surface area (Å²) in [6.45, 7) is 0. The van der Waals surface area contributed by atoms with Crippen molar-refractivity contribution in [2.24, 2.45) is 0 Å². The summed E-state index contributed by atoms with van der Waals surface area (Å²) in [6.07, 6.45) is 0.0188. The van der Waals surface area contributed by atoms with Gasteiger partial charge in [-0.05, 0) is 37.1 Å². The van der Waals surface area contributed by atoms with E-state index in [1.165, 1.54) is 24.3 Å². The minimum absolute atomic E-state index is 0.0752. The molecule has 0 aliphatic heterocycles. The Balaban J connectivity index is 1.59. The highest BCUT2D eigenvalue weighted by atomic mass is 16.6. The van der Waals surface area contributed by atoms with Gasteiger partial charge in [0.25, 0.3) is 11.6 Å². The molecule has 3 rings (SSSR count). The van der Waals surface area contributed by atoms with Crippen LogP contribution in [0, 0.1) is 10.1 Å². The molecule has 1 fully saturated rings. The number of benzene rings is 2. The SMILES string of the molecule is O=C(N[C@H]1CC[C@@H](Oc2ccccc2)[C@@H]1O)c1ccc([N+](=O)[O-])cc1. The first kappa shape index (κ1) is 16.9. The molecule has 7 heteroatoms. The summed E-state index contributed by atoms with van der Waals surface area (Å²) < 4.78 is 5.77. The van der Waals surface area contributed by atoms with E-state index in [0.29, 0.717) is 24.2 Å². The molecule has 130 valence electrons. The molecule has 1 aliphatic rings. The average Bonchev–Trinajstić information content (AvgIpc) is 2.96. The van der Waals surface area contributed by atoms with Crippen LogP contribution in [0.5, 0.6) is 5.75 Å². The Hall–Kier alpha value is -2.93. The van der Waals surface area contributed by atoms with Crippen LogP contribution >= 0.6 is 0 Å². The van der Waals surface area contributed by atoms with Crippen LogP contribution in [0.1, 0.15) is 23.2 Å². The molecule has 1 amide bonds. The first-order valence-electron chi connectivity index (χ1n) is 7.99. The third-order valence-corrected chi connectivity index (χ3v) is 4.24. The lowest BCUT2D eigenvalue weighted by Gasteiger charge is -2.21. The molecule has 0 spiro atoms. The predicted octanol–water partition coefficient (Wildman–Crippen LogP) is 2.30. The van der Waals surface area contributed by atoms with Gasteiger partial charge in [-0.1, -0.05) is 18.2 Å². The maximum absolute atomic E-state index is 12.3. The number of carbonyl (C=O) groups is 1. The number of para-hydroxylation sites is 1. The highest BCUT2D eigenvalue weighted by molar-refractivity contribution is 5.94. The fourth-order valence-corrected chi connectivity index (χ4v) is 2.89. The van der Waals surface area contributed by atoms with Gasteiger partial charge < -0.3 is 15.2 Å². The molecule has 0 unspecified atom stereocenters. The summed E-state index contributed by atoms with van der Waals surface area (Å²) in [5, 5.41) is 23.8. The van der Waals surface area contributed by atoms with Crippen LogP contribution in [0.4, 0.5) is 5.69 Å². The highest BCUT2D eigenvalue weighted by Crippen LogP contribution is 2.25. The second kappa shape index (κ2) is 7.31. The summed E-state index contributed by atoms with van der Waals surface area (Å²) in [6, 6.07) is 14.1. The van der Waals surface area contributed by atoms with Gasteiger partial charge in [0.05, 0.1) is 11.0 Å². The molecule has 0 bridgehead atoms.